The molecular weight excluding hydrogens is 794 g/mol. The molecule has 0 radical (unpaired) electrons. The molecule has 2 aromatic carbocycles. The summed E-state index contributed by atoms with van der Waals surface area (Å²) in [6.45, 7) is 8.64. The Hall–Kier alpha value is -4.63. The van der Waals surface area contributed by atoms with Gasteiger partial charge in [-0.05, 0) is 79.1 Å². The van der Waals surface area contributed by atoms with Crippen molar-refractivity contribution in [3.63, 3.8) is 0 Å². The highest BCUT2D eigenvalue weighted by molar-refractivity contribution is 9.10. The van der Waals surface area contributed by atoms with Gasteiger partial charge in [0.2, 0.25) is 5.95 Å². The molecule has 2 aliphatic heterocycles. The predicted molar refractivity (Wildman–Crippen MR) is 206 cm³/mol. The molecule has 290 valence electrons. The number of nitrogens with one attached hydrogen (secondary N) is 2. The number of rotatable bonds is 9. The summed E-state index contributed by atoms with van der Waals surface area (Å²) in [5.41, 5.74) is 4.47. The zero-order valence-electron chi connectivity index (χ0n) is 30.2. The van der Waals surface area contributed by atoms with E-state index in [0.29, 0.717) is 34.3 Å². The number of carboxylic acid groups (broad SMARTS) is 1. The number of hydrogen-bond donors (Lipinski definition) is 3. The third-order valence-electron chi connectivity index (χ3n) is 9.05. The SMILES string of the molecule is CCc1cc(Nc2ncc(Br)c(Nc3cnc4ccccc4c3P(C)(C)=O)n2)c(OC)cc1N1CCC(N2CCCCOC2=O)CC1.O=C(O)C(F)(F)F. The summed E-state index contributed by atoms with van der Waals surface area (Å²) < 4.78 is 57.1. The Kier molecular flexibility index (Phi) is 12.9. The predicted octanol–water partition coefficient (Wildman–Crippen LogP) is 7.93. The number of carboxylic acids is 1. The van der Waals surface area contributed by atoms with Crippen LogP contribution >= 0.6 is 23.1 Å². The maximum atomic E-state index is 13.5. The molecule has 2 aliphatic rings. The first-order valence-electron chi connectivity index (χ1n) is 17.3. The number of alkyl halides is 3. The minimum absolute atomic E-state index is 0.175. The number of pyridine rings is 1. The molecule has 13 nitrogen and oxygen atoms in total. The zero-order chi connectivity index (χ0) is 39.2. The maximum Gasteiger partial charge on any atom is 0.490 e. The molecule has 6 rings (SSSR count). The standard InChI is InChI=1S/C34H41BrN7O4P.C2HF3O2/c1-5-22-18-27(30(45-2)19-29(22)41-15-12-23(13-16-41)42-14-8-9-17-46-34(42)43)39-33-37-20-25(35)32(40-33)38-28-21-36-26-11-7-6-10-24(26)31(28)47(3,4)44;3-2(4,5)1(6)7/h6-7,10-11,18-21,23H,5,8-9,12-17H2,1-4H3,(H2,37,38,39,40);(H,6,7). The monoisotopic (exact) mass is 835 g/mol. The molecule has 4 aromatic rings. The number of ether oxygens (including phenoxy) is 2. The number of aryl methyl sites for hydroxylation is 1. The number of anilines is 5. The number of piperidine rings is 1. The van der Waals surface area contributed by atoms with Crippen LogP contribution in [-0.4, -0.2) is 95.9 Å². The summed E-state index contributed by atoms with van der Waals surface area (Å²) in [6, 6.07) is 12.1. The number of carbonyl (C=O) groups excluding carboxylic acids is 1. The number of amides is 1. The number of aliphatic carboxylic acids is 1. The number of benzene rings is 2. The van der Waals surface area contributed by atoms with Crippen molar-refractivity contribution >= 4 is 80.2 Å². The van der Waals surface area contributed by atoms with E-state index in [1.165, 1.54) is 5.56 Å². The first-order chi connectivity index (χ1) is 25.6. The van der Waals surface area contributed by atoms with Crippen molar-refractivity contribution in [3.05, 3.63) is 58.8 Å². The molecule has 2 aromatic heterocycles. The molecule has 4 heterocycles. The first kappa shape index (κ1) is 40.6. The van der Waals surface area contributed by atoms with E-state index < -0.39 is 19.3 Å². The third-order valence-corrected chi connectivity index (χ3v) is 11.2. The lowest BCUT2D eigenvalue weighted by molar-refractivity contribution is -0.192. The van der Waals surface area contributed by atoms with E-state index in [2.05, 4.69) is 60.5 Å². The van der Waals surface area contributed by atoms with Crippen LogP contribution in [-0.2, 0) is 20.5 Å². The lowest BCUT2D eigenvalue weighted by atomic mass is 10.00. The molecule has 0 atom stereocenters. The Morgan fingerprint density at radius 2 is 1.78 bits per heavy atom. The van der Waals surface area contributed by atoms with Crippen LogP contribution in [0.4, 0.5) is 46.8 Å². The minimum atomic E-state index is -5.08. The van der Waals surface area contributed by atoms with Crippen molar-refractivity contribution in [2.45, 2.75) is 51.2 Å². The molecule has 0 spiro atoms. The van der Waals surface area contributed by atoms with Crippen molar-refractivity contribution in [1.29, 1.82) is 0 Å². The van der Waals surface area contributed by atoms with Crippen molar-refractivity contribution in [1.82, 2.24) is 19.9 Å². The topological polar surface area (TPSA) is 159 Å². The van der Waals surface area contributed by atoms with Crippen LogP contribution in [0.1, 0.15) is 38.2 Å². The second-order valence-electron chi connectivity index (χ2n) is 13.1. The fourth-order valence-corrected chi connectivity index (χ4v) is 8.24. The molecule has 1 amide bonds. The lowest BCUT2D eigenvalue weighted by Crippen LogP contribution is -2.47. The Balaban J connectivity index is 0.000000730. The van der Waals surface area contributed by atoms with Gasteiger partial charge >= 0.3 is 18.2 Å². The van der Waals surface area contributed by atoms with Crippen LogP contribution in [0, 0.1) is 0 Å². The highest BCUT2D eigenvalue weighted by atomic mass is 79.9. The van der Waals surface area contributed by atoms with Gasteiger partial charge in [-0.25, -0.2) is 14.6 Å². The van der Waals surface area contributed by atoms with Gasteiger partial charge in [0.25, 0.3) is 0 Å². The maximum absolute atomic E-state index is 13.5. The molecule has 0 unspecified atom stereocenters. The number of fused-ring (bicyclic) bond motifs is 1. The summed E-state index contributed by atoms with van der Waals surface area (Å²) >= 11 is 3.58. The molecular formula is C36H42BrF3N7O6P. The Morgan fingerprint density at radius 1 is 1.07 bits per heavy atom. The summed E-state index contributed by atoms with van der Waals surface area (Å²) in [6.07, 6.45) is 2.64. The Morgan fingerprint density at radius 3 is 2.43 bits per heavy atom. The molecule has 3 N–H and O–H groups in total. The summed E-state index contributed by atoms with van der Waals surface area (Å²) in [4.78, 5) is 39.6. The highest BCUT2D eigenvalue weighted by Gasteiger charge is 2.38. The first-order valence-corrected chi connectivity index (χ1v) is 20.7. The van der Waals surface area contributed by atoms with Gasteiger partial charge in [0.1, 0.15) is 18.7 Å². The number of hydrogen-bond acceptors (Lipinski definition) is 11. The summed E-state index contributed by atoms with van der Waals surface area (Å²) in [5, 5.41) is 15.4. The lowest BCUT2D eigenvalue weighted by Gasteiger charge is -2.39. The smallest absolute Gasteiger partial charge is 0.490 e. The van der Waals surface area contributed by atoms with Gasteiger partial charge in [-0.3, -0.25) is 4.98 Å². The van der Waals surface area contributed by atoms with E-state index in [1.54, 1.807) is 32.8 Å². The number of para-hydroxylation sites is 1. The number of nitrogens with zero attached hydrogens (tertiary/aromatic N) is 5. The number of carbonyl (C=O) groups is 2. The van der Waals surface area contributed by atoms with Gasteiger partial charge in [-0.15, -0.1) is 0 Å². The van der Waals surface area contributed by atoms with Gasteiger partial charge in [0.05, 0.1) is 41.3 Å². The van der Waals surface area contributed by atoms with Crippen LogP contribution in [0.2, 0.25) is 0 Å². The van der Waals surface area contributed by atoms with Crippen LogP contribution in [0.3, 0.4) is 0 Å². The molecule has 18 heteroatoms. The number of halogens is 4. The molecule has 54 heavy (non-hydrogen) atoms. The van der Waals surface area contributed by atoms with Gasteiger partial charge in [0, 0.05) is 54.3 Å². The average Bonchev–Trinajstić information content (AvgIpc) is 3.36. The Labute approximate surface area is 319 Å². The van der Waals surface area contributed by atoms with E-state index in [9.17, 15) is 22.5 Å². The summed E-state index contributed by atoms with van der Waals surface area (Å²) in [7, 11) is -1.03. The fraction of sp³-hybridized carbons (Fsp3) is 0.417. The highest BCUT2D eigenvalue weighted by Crippen LogP contribution is 2.42. The zero-order valence-corrected chi connectivity index (χ0v) is 32.7. The third kappa shape index (κ3) is 9.72. The van der Waals surface area contributed by atoms with Gasteiger partial charge in [0.15, 0.2) is 0 Å². The van der Waals surface area contributed by atoms with Gasteiger partial charge in [-0.2, -0.15) is 18.2 Å². The van der Waals surface area contributed by atoms with Crippen LogP contribution in [0.25, 0.3) is 10.9 Å². The van der Waals surface area contributed by atoms with E-state index in [1.807, 2.05) is 29.2 Å². The van der Waals surface area contributed by atoms with Crippen molar-refractivity contribution in [2.75, 3.05) is 62.2 Å². The van der Waals surface area contributed by atoms with E-state index in [4.69, 9.17) is 24.4 Å². The second kappa shape index (κ2) is 17.2. The van der Waals surface area contributed by atoms with E-state index >= 15 is 0 Å². The molecule has 2 fully saturated rings. The van der Waals surface area contributed by atoms with Crippen molar-refractivity contribution in [3.8, 4) is 5.75 Å². The molecule has 2 saturated heterocycles. The molecule has 0 bridgehead atoms. The van der Waals surface area contributed by atoms with Crippen molar-refractivity contribution in [2.24, 2.45) is 0 Å². The quantitative estimate of drug-likeness (QED) is 0.140. The van der Waals surface area contributed by atoms with E-state index in [0.717, 1.165) is 79.3 Å². The summed E-state index contributed by atoms with van der Waals surface area (Å²) in [5.74, 6) is -1.19. The van der Waals surface area contributed by atoms with Gasteiger partial charge in [-0.1, -0.05) is 25.1 Å². The Bertz CT molecular complexity index is 2040. The normalized spacial score (nSPS) is 15.5. The van der Waals surface area contributed by atoms with Crippen molar-refractivity contribution < 1.29 is 41.9 Å². The van der Waals surface area contributed by atoms with Gasteiger partial charge < -0.3 is 39.6 Å². The van der Waals surface area contributed by atoms with Crippen LogP contribution in [0.15, 0.2) is 53.3 Å². The van der Waals surface area contributed by atoms with Crippen LogP contribution in [0.5, 0.6) is 5.75 Å². The van der Waals surface area contributed by atoms with E-state index in [-0.39, 0.29) is 12.1 Å². The second-order valence-corrected chi connectivity index (χ2v) is 17.1. The fourth-order valence-electron chi connectivity index (χ4n) is 6.49. The molecule has 0 aliphatic carbocycles. The number of aromatic nitrogens is 3. The number of methoxy groups -OCH3 is 1. The average molecular weight is 837 g/mol. The molecule has 0 saturated carbocycles. The number of cyclic esters (lactones) is 1. The minimum Gasteiger partial charge on any atom is -0.494 e. The largest absolute Gasteiger partial charge is 0.494 e. The van der Waals surface area contributed by atoms with Crippen LogP contribution < -0.4 is 25.6 Å².